The zero-order chi connectivity index (χ0) is 15.6. The van der Waals surface area contributed by atoms with Crippen LogP contribution in [0.25, 0.3) is 0 Å². The third-order valence-corrected chi connectivity index (χ3v) is 3.71. The number of hydrogen-bond donors (Lipinski definition) is 1. The summed E-state index contributed by atoms with van der Waals surface area (Å²) in [7, 11) is 0. The standard InChI is InChI=1S/C15H11BrF4O/c16-11-5-2-6-12(17)14(11)13(21)8-9-3-1-4-10(7-9)15(18,19)20/h1-7,13,21H,8H2. The van der Waals surface area contributed by atoms with Crippen molar-refractivity contribution in [3.63, 3.8) is 0 Å². The first-order valence-electron chi connectivity index (χ1n) is 6.07. The van der Waals surface area contributed by atoms with Gasteiger partial charge in [0, 0.05) is 16.5 Å². The van der Waals surface area contributed by atoms with Crippen molar-refractivity contribution in [3.05, 3.63) is 69.4 Å². The number of benzene rings is 2. The number of rotatable bonds is 3. The van der Waals surface area contributed by atoms with Gasteiger partial charge < -0.3 is 5.11 Å². The Balaban J connectivity index is 2.26. The molecule has 2 aromatic rings. The summed E-state index contributed by atoms with van der Waals surface area (Å²) in [5, 5.41) is 10.1. The fourth-order valence-electron chi connectivity index (χ4n) is 2.03. The highest BCUT2D eigenvalue weighted by atomic mass is 79.9. The number of alkyl halides is 3. The molecular weight excluding hydrogens is 352 g/mol. The first-order valence-corrected chi connectivity index (χ1v) is 6.86. The molecule has 0 aliphatic carbocycles. The lowest BCUT2D eigenvalue weighted by atomic mass is 9.99. The minimum atomic E-state index is -4.44. The quantitative estimate of drug-likeness (QED) is 0.771. The summed E-state index contributed by atoms with van der Waals surface area (Å²) in [4.78, 5) is 0. The minimum absolute atomic E-state index is 0.0370. The maximum absolute atomic E-state index is 13.7. The summed E-state index contributed by atoms with van der Waals surface area (Å²) in [6.45, 7) is 0. The summed E-state index contributed by atoms with van der Waals surface area (Å²) >= 11 is 3.13. The second kappa shape index (κ2) is 6.15. The van der Waals surface area contributed by atoms with E-state index in [1.54, 1.807) is 6.07 Å². The van der Waals surface area contributed by atoms with Gasteiger partial charge in [0.05, 0.1) is 11.7 Å². The molecule has 0 saturated carbocycles. The van der Waals surface area contributed by atoms with Crippen LogP contribution in [0.2, 0.25) is 0 Å². The topological polar surface area (TPSA) is 20.2 Å². The molecule has 0 aliphatic rings. The summed E-state index contributed by atoms with van der Waals surface area (Å²) in [5.41, 5.74) is -0.470. The molecule has 0 aliphatic heterocycles. The molecule has 6 heteroatoms. The molecule has 2 aromatic carbocycles. The van der Waals surface area contributed by atoms with Crippen LogP contribution in [0.1, 0.15) is 22.8 Å². The van der Waals surface area contributed by atoms with E-state index in [0.29, 0.717) is 4.47 Å². The van der Waals surface area contributed by atoms with E-state index in [9.17, 15) is 22.7 Å². The average molecular weight is 363 g/mol. The smallest absolute Gasteiger partial charge is 0.388 e. The molecule has 0 amide bonds. The lowest BCUT2D eigenvalue weighted by Gasteiger charge is -2.15. The normalized spacial score (nSPS) is 13.2. The van der Waals surface area contributed by atoms with Gasteiger partial charge in [-0.05, 0) is 23.8 Å². The molecular formula is C15H11BrF4O. The monoisotopic (exact) mass is 362 g/mol. The van der Waals surface area contributed by atoms with Gasteiger partial charge in [0.15, 0.2) is 0 Å². The number of aliphatic hydroxyl groups is 1. The van der Waals surface area contributed by atoms with E-state index in [1.807, 2.05) is 0 Å². The Kier molecular flexibility index (Phi) is 4.68. The lowest BCUT2D eigenvalue weighted by Crippen LogP contribution is -2.08. The average Bonchev–Trinajstić information content (AvgIpc) is 2.37. The van der Waals surface area contributed by atoms with E-state index >= 15 is 0 Å². The van der Waals surface area contributed by atoms with Gasteiger partial charge in [-0.1, -0.05) is 40.2 Å². The van der Waals surface area contributed by atoms with Gasteiger partial charge in [-0.15, -0.1) is 0 Å². The van der Waals surface area contributed by atoms with Crippen LogP contribution in [0, 0.1) is 5.82 Å². The van der Waals surface area contributed by atoms with Gasteiger partial charge in [-0.25, -0.2) is 4.39 Å². The molecule has 112 valence electrons. The Morgan fingerprint density at radius 1 is 1.10 bits per heavy atom. The Morgan fingerprint density at radius 2 is 1.76 bits per heavy atom. The minimum Gasteiger partial charge on any atom is -0.388 e. The number of hydrogen-bond acceptors (Lipinski definition) is 1. The van der Waals surface area contributed by atoms with Gasteiger partial charge >= 0.3 is 6.18 Å². The van der Waals surface area contributed by atoms with Crippen molar-refractivity contribution in [1.29, 1.82) is 0 Å². The lowest BCUT2D eigenvalue weighted by molar-refractivity contribution is -0.137. The van der Waals surface area contributed by atoms with E-state index in [-0.39, 0.29) is 17.5 Å². The maximum Gasteiger partial charge on any atom is 0.416 e. The second-order valence-electron chi connectivity index (χ2n) is 4.55. The molecule has 1 unspecified atom stereocenters. The highest BCUT2D eigenvalue weighted by Crippen LogP contribution is 2.32. The summed E-state index contributed by atoms with van der Waals surface area (Å²) < 4.78 is 52.0. The molecule has 0 aromatic heterocycles. The highest BCUT2D eigenvalue weighted by Gasteiger charge is 2.30. The molecule has 0 radical (unpaired) electrons. The van der Waals surface area contributed by atoms with E-state index < -0.39 is 23.7 Å². The molecule has 1 nitrogen and oxygen atoms in total. The van der Waals surface area contributed by atoms with Crippen molar-refractivity contribution < 1.29 is 22.7 Å². The molecule has 1 atom stereocenters. The molecule has 0 heterocycles. The first kappa shape index (κ1) is 16.0. The van der Waals surface area contributed by atoms with E-state index in [0.717, 1.165) is 12.1 Å². The van der Waals surface area contributed by atoms with Crippen LogP contribution in [-0.4, -0.2) is 5.11 Å². The van der Waals surface area contributed by atoms with Gasteiger partial charge in [0.1, 0.15) is 5.82 Å². The number of aliphatic hydroxyl groups excluding tert-OH is 1. The Labute approximate surface area is 127 Å². The van der Waals surface area contributed by atoms with Gasteiger partial charge in [0.2, 0.25) is 0 Å². The van der Waals surface area contributed by atoms with Crippen LogP contribution < -0.4 is 0 Å². The zero-order valence-corrected chi connectivity index (χ0v) is 12.2. The molecule has 0 spiro atoms. The summed E-state index contributed by atoms with van der Waals surface area (Å²) in [6, 6.07) is 8.87. The van der Waals surface area contributed by atoms with Crippen LogP contribution >= 0.6 is 15.9 Å². The van der Waals surface area contributed by atoms with Crippen LogP contribution in [0.3, 0.4) is 0 Å². The van der Waals surface area contributed by atoms with Crippen LogP contribution in [-0.2, 0) is 12.6 Å². The third kappa shape index (κ3) is 3.83. The first-order chi connectivity index (χ1) is 9.79. The fourth-order valence-corrected chi connectivity index (χ4v) is 2.64. The van der Waals surface area contributed by atoms with Crippen molar-refractivity contribution >= 4 is 15.9 Å². The fraction of sp³-hybridized carbons (Fsp3) is 0.200. The van der Waals surface area contributed by atoms with Crippen molar-refractivity contribution in [1.82, 2.24) is 0 Å². The van der Waals surface area contributed by atoms with Gasteiger partial charge in [-0.2, -0.15) is 13.2 Å². The molecule has 0 bridgehead atoms. The summed E-state index contributed by atoms with van der Waals surface area (Å²) in [6.07, 6.45) is -5.78. The van der Waals surface area contributed by atoms with Crippen LogP contribution in [0.4, 0.5) is 17.6 Å². The largest absolute Gasteiger partial charge is 0.416 e. The van der Waals surface area contributed by atoms with Crippen LogP contribution in [0.5, 0.6) is 0 Å². The predicted molar refractivity (Wildman–Crippen MR) is 74.2 cm³/mol. The van der Waals surface area contributed by atoms with E-state index in [4.69, 9.17) is 0 Å². The number of halogens is 5. The van der Waals surface area contributed by atoms with Gasteiger partial charge in [-0.3, -0.25) is 0 Å². The van der Waals surface area contributed by atoms with Gasteiger partial charge in [0.25, 0.3) is 0 Å². The highest BCUT2D eigenvalue weighted by molar-refractivity contribution is 9.10. The van der Waals surface area contributed by atoms with Crippen LogP contribution in [0.15, 0.2) is 46.9 Å². The van der Waals surface area contributed by atoms with E-state index in [2.05, 4.69) is 15.9 Å². The molecule has 0 fully saturated rings. The molecule has 2 rings (SSSR count). The molecule has 0 saturated heterocycles. The second-order valence-corrected chi connectivity index (χ2v) is 5.41. The van der Waals surface area contributed by atoms with Crippen molar-refractivity contribution in [2.45, 2.75) is 18.7 Å². The molecule has 1 N–H and O–H groups in total. The maximum atomic E-state index is 13.7. The third-order valence-electron chi connectivity index (χ3n) is 3.02. The zero-order valence-electron chi connectivity index (χ0n) is 10.7. The van der Waals surface area contributed by atoms with Crippen molar-refractivity contribution in [2.75, 3.05) is 0 Å². The molecule has 21 heavy (non-hydrogen) atoms. The van der Waals surface area contributed by atoms with Crippen molar-refractivity contribution in [2.24, 2.45) is 0 Å². The Bertz CT molecular complexity index is 620. The van der Waals surface area contributed by atoms with E-state index in [1.165, 1.54) is 24.3 Å². The Morgan fingerprint density at radius 3 is 2.38 bits per heavy atom. The predicted octanol–water partition coefficient (Wildman–Crippen LogP) is 4.88. The van der Waals surface area contributed by atoms with Crippen molar-refractivity contribution in [3.8, 4) is 0 Å². The Hall–Kier alpha value is -1.40. The SMILES string of the molecule is OC(Cc1cccc(C(F)(F)F)c1)c1c(F)cccc1Br. The summed E-state index contributed by atoms with van der Waals surface area (Å²) in [5.74, 6) is -0.608.